The van der Waals surface area contributed by atoms with E-state index in [1.807, 2.05) is 31.2 Å². The molecule has 2 rings (SSSR count). The van der Waals surface area contributed by atoms with Crippen LogP contribution in [-0.2, 0) is 6.54 Å². The van der Waals surface area contributed by atoms with E-state index in [9.17, 15) is 4.79 Å². The number of hydrogen-bond donors (Lipinski definition) is 3. The van der Waals surface area contributed by atoms with Gasteiger partial charge in [-0.3, -0.25) is 4.79 Å². The molecular weight excluding hydrogens is 300 g/mol. The molecule has 1 amide bonds. The molecular formula is C19H30N4O. The minimum atomic E-state index is -0.0279. The predicted octanol–water partition coefficient (Wildman–Crippen LogP) is 2.82. The summed E-state index contributed by atoms with van der Waals surface area (Å²) in [4.78, 5) is 16.5. The van der Waals surface area contributed by atoms with Crippen LogP contribution in [0.15, 0.2) is 29.3 Å². The number of carbonyl (C=O) groups is 1. The number of nitrogens with one attached hydrogen (secondary N) is 3. The number of guanidine groups is 1. The Kier molecular flexibility index (Phi) is 7.59. The van der Waals surface area contributed by atoms with E-state index in [0.29, 0.717) is 24.7 Å². The summed E-state index contributed by atoms with van der Waals surface area (Å²) in [5.41, 5.74) is 1.79. The van der Waals surface area contributed by atoms with E-state index in [-0.39, 0.29) is 5.91 Å². The Balaban J connectivity index is 1.93. The summed E-state index contributed by atoms with van der Waals surface area (Å²) in [5.74, 6) is 0.858. The minimum absolute atomic E-state index is 0.0279. The van der Waals surface area contributed by atoms with Crippen molar-refractivity contribution in [1.82, 2.24) is 16.0 Å². The molecule has 0 radical (unpaired) electrons. The Bertz CT molecular complexity index is 533. The molecule has 0 unspecified atom stereocenters. The van der Waals surface area contributed by atoms with Crippen LogP contribution in [0.2, 0.25) is 0 Å². The molecule has 0 heterocycles. The Morgan fingerprint density at radius 3 is 2.33 bits per heavy atom. The third kappa shape index (κ3) is 5.87. The lowest BCUT2D eigenvalue weighted by Crippen LogP contribution is -2.44. The Morgan fingerprint density at radius 1 is 1.04 bits per heavy atom. The van der Waals surface area contributed by atoms with Gasteiger partial charge in [0.05, 0.1) is 6.54 Å². The number of amides is 1. The maximum atomic E-state index is 11.8. The summed E-state index contributed by atoms with van der Waals surface area (Å²) in [6.07, 6.45) is 6.41. The van der Waals surface area contributed by atoms with Crippen molar-refractivity contribution in [3.8, 4) is 0 Å². The van der Waals surface area contributed by atoms with Gasteiger partial charge < -0.3 is 16.0 Å². The summed E-state index contributed by atoms with van der Waals surface area (Å²) in [6, 6.07) is 8.20. The SMILES string of the molecule is CCNC(=O)c1ccc(CN=C(NCC)NC2CCCCC2)cc1. The Morgan fingerprint density at radius 2 is 1.71 bits per heavy atom. The van der Waals surface area contributed by atoms with Crippen molar-refractivity contribution >= 4 is 11.9 Å². The molecule has 1 aliphatic carbocycles. The molecule has 24 heavy (non-hydrogen) atoms. The lowest BCUT2D eigenvalue weighted by Gasteiger charge is -2.24. The normalized spacial score (nSPS) is 15.8. The van der Waals surface area contributed by atoms with Gasteiger partial charge in [0.25, 0.3) is 5.91 Å². The van der Waals surface area contributed by atoms with Crippen molar-refractivity contribution in [2.24, 2.45) is 4.99 Å². The topological polar surface area (TPSA) is 65.5 Å². The summed E-state index contributed by atoms with van der Waals surface area (Å²) >= 11 is 0. The zero-order valence-corrected chi connectivity index (χ0v) is 14.9. The molecule has 0 spiro atoms. The van der Waals surface area contributed by atoms with Crippen molar-refractivity contribution < 1.29 is 4.79 Å². The van der Waals surface area contributed by atoms with Gasteiger partial charge >= 0.3 is 0 Å². The first-order valence-electron chi connectivity index (χ1n) is 9.15. The van der Waals surface area contributed by atoms with E-state index in [1.54, 1.807) is 0 Å². The lowest BCUT2D eigenvalue weighted by molar-refractivity contribution is 0.0956. The number of hydrogen-bond acceptors (Lipinski definition) is 2. The van der Waals surface area contributed by atoms with Gasteiger partial charge in [0.15, 0.2) is 5.96 Å². The smallest absolute Gasteiger partial charge is 0.251 e. The van der Waals surface area contributed by atoms with Crippen LogP contribution in [0, 0.1) is 0 Å². The predicted molar refractivity (Wildman–Crippen MR) is 99.3 cm³/mol. The van der Waals surface area contributed by atoms with Crippen molar-refractivity contribution in [3.05, 3.63) is 35.4 Å². The average molecular weight is 330 g/mol. The molecule has 3 N–H and O–H groups in total. The van der Waals surface area contributed by atoms with Crippen LogP contribution >= 0.6 is 0 Å². The molecule has 0 bridgehead atoms. The van der Waals surface area contributed by atoms with Gasteiger partial charge in [0.1, 0.15) is 0 Å². The standard InChI is InChI=1S/C19H30N4O/c1-3-20-18(24)16-12-10-15(11-13-16)14-22-19(21-4-2)23-17-8-6-5-7-9-17/h10-13,17H,3-9,14H2,1-2H3,(H,20,24)(H2,21,22,23). The highest BCUT2D eigenvalue weighted by Gasteiger charge is 2.14. The van der Waals surface area contributed by atoms with Crippen LogP contribution in [0.3, 0.4) is 0 Å². The monoisotopic (exact) mass is 330 g/mol. The Hall–Kier alpha value is -2.04. The van der Waals surface area contributed by atoms with E-state index < -0.39 is 0 Å². The molecule has 0 aliphatic heterocycles. The average Bonchev–Trinajstić information content (AvgIpc) is 2.61. The zero-order chi connectivity index (χ0) is 17.2. The number of rotatable bonds is 6. The molecule has 0 saturated heterocycles. The Labute approximate surface area is 145 Å². The summed E-state index contributed by atoms with van der Waals surface area (Å²) in [5, 5.41) is 9.68. The third-order valence-electron chi connectivity index (χ3n) is 4.26. The summed E-state index contributed by atoms with van der Waals surface area (Å²) in [6.45, 7) is 6.11. The minimum Gasteiger partial charge on any atom is -0.357 e. The summed E-state index contributed by atoms with van der Waals surface area (Å²) in [7, 11) is 0. The second-order valence-electron chi connectivity index (χ2n) is 6.23. The van der Waals surface area contributed by atoms with Gasteiger partial charge in [-0.05, 0) is 44.4 Å². The molecule has 1 saturated carbocycles. The molecule has 0 atom stereocenters. The van der Waals surface area contributed by atoms with Crippen LogP contribution in [-0.4, -0.2) is 31.0 Å². The molecule has 1 aromatic rings. The first kappa shape index (κ1) is 18.3. The third-order valence-corrected chi connectivity index (χ3v) is 4.26. The molecule has 1 aliphatic rings. The van der Waals surface area contributed by atoms with E-state index in [1.165, 1.54) is 32.1 Å². The van der Waals surface area contributed by atoms with Crippen molar-refractivity contribution in [1.29, 1.82) is 0 Å². The molecule has 1 fully saturated rings. The summed E-state index contributed by atoms with van der Waals surface area (Å²) < 4.78 is 0. The van der Waals surface area contributed by atoms with Crippen LogP contribution in [0.5, 0.6) is 0 Å². The first-order valence-corrected chi connectivity index (χ1v) is 9.15. The van der Waals surface area contributed by atoms with Gasteiger partial charge in [-0.15, -0.1) is 0 Å². The highest BCUT2D eigenvalue weighted by molar-refractivity contribution is 5.94. The van der Waals surface area contributed by atoms with Crippen LogP contribution in [0.1, 0.15) is 61.9 Å². The van der Waals surface area contributed by atoms with E-state index in [0.717, 1.165) is 18.1 Å². The van der Waals surface area contributed by atoms with Crippen LogP contribution < -0.4 is 16.0 Å². The lowest BCUT2D eigenvalue weighted by atomic mass is 9.96. The van der Waals surface area contributed by atoms with Crippen molar-refractivity contribution in [3.63, 3.8) is 0 Å². The fourth-order valence-corrected chi connectivity index (χ4v) is 2.95. The number of benzene rings is 1. The van der Waals surface area contributed by atoms with Crippen LogP contribution in [0.25, 0.3) is 0 Å². The fourth-order valence-electron chi connectivity index (χ4n) is 2.95. The van der Waals surface area contributed by atoms with Gasteiger partial charge in [-0.25, -0.2) is 4.99 Å². The number of aliphatic imine (C=N–C) groups is 1. The maximum absolute atomic E-state index is 11.8. The van der Waals surface area contributed by atoms with Crippen molar-refractivity contribution in [2.45, 2.75) is 58.5 Å². The number of carbonyl (C=O) groups excluding carboxylic acids is 1. The molecule has 5 nitrogen and oxygen atoms in total. The largest absolute Gasteiger partial charge is 0.357 e. The zero-order valence-electron chi connectivity index (χ0n) is 14.9. The second-order valence-corrected chi connectivity index (χ2v) is 6.23. The second kappa shape index (κ2) is 9.96. The molecule has 1 aromatic carbocycles. The first-order chi connectivity index (χ1) is 11.7. The van der Waals surface area contributed by atoms with Gasteiger partial charge in [-0.1, -0.05) is 31.4 Å². The highest BCUT2D eigenvalue weighted by Crippen LogP contribution is 2.17. The molecule has 0 aromatic heterocycles. The van der Waals surface area contributed by atoms with Crippen molar-refractivity contribution in [2.75, 3.05) is 13.1 Å². The van der Waals surface area contributed by atoms with E-state index in [4.69, 9.17) is 0 Å². The van der Waals surface area contributed by atoms with E-state index >= 15 is 0 Å². The number of nitrogens with zero attached hydrogens (tertiary/aromatic N) is 1. The maximum Gasteiger partial charge on any atom is 0.251 e. The molecule has 132 valence electrons. The molecule has 5 heteroatoms. The van der Waals surface area contributed by atoms with Crippen LogP contribution in [0.4, 0.5) is 0 Å². The van der Waals surface area contributed by atoms with E-state index in [2.05, 4.69) is 27.9 Å². The van der Waals surface area contributed by atoms with Gasteiger partial charge in [-0.2, -0.15) is 0 Å². The quantitative estimate of drug-likeness (QED) is 0.555. The fraction of sp³-hybridized carbons (Fsp3) is 0.579. The van der Waals surface area contributed by atoms with Gasteiger partial charge in [0, 0.05) is 24.7 Å². The highest BCUT2D eigenvalue weighted by atomic mass is 16.1. The van der Waals surface area contributed by atoms with Gasteiger partial charge in [0.2, 0.25) is 0 Å².